The van der Waals surface area contributed by atoms with E-state index >= 15 is 0 Å². The first-order valence-electron chi connectivity index (χ1n) is 9.64. The van der Waals surface area contributed by atoms with Crippen LogP contribution in [0.2, 0.25) is 0 Å². The minimum Gasteiger partial charge on any atom is -0.504 e. The minimum atomic E-state index is -0.924. The van der Waals surface area contributed by atoms with Gasteiger partial charge < -0.3 is 25.1 Å². The molecule has 0 aromatic heterocycles. The summed E-state index contributed by atoms with van der Waals surface area (Å²) in [6.45, 7) is 0. The maximum absolute atomic E-state index is 13.1. The highest BCUT2D eigenvalue weighted by Gasteiger charge is 2.36. The molecule has 9 heteroatoms. The van der Waals surface area contributed by atoms with Gasteiger partial charge in [-0.2, -0.15) is 0 Å². The SMILES string of the molecule is CNc1ccc2c(c1)N1C(=O)c3cc(OC)c(O)cc3N=CC1C2.O=CCCC(=O)O. The Labute approximate surface area is 179 Å². The Hall–Kier alpha value is -3.88. The highest BCUT2D eigenvalue weighted by atomic mass is 16.5. The van der Waals surface area contributed by atoms with E-state index in [2.05, 4.69) is 10.3 Å². The standard InChI is InChI=1S/C18H17N3O3.C4H6O3/c1-19-11-4-3-10-5-12-9-20-14-8-16(22)17(24-2)7-13(14)18(23)21(12)15(10)6-11;5-3-1-2-4(6)7/h3-4,6-9,12,19,22H,5H2,1-2H3;3H,1-2H2,(H,6,7). The van der Waals surface area contributed by atoms with Crippen LogP contribution in [0.4, 0.5) is 17.1 Å². The zero-order valence-corrected chi connectivity index (χ0v) is 17.2. The number of ether oxygens (including phenoxy) is 1. The number of phenols is 1. The van der Waals surface area contributed by atoms with Gasteiger partial charge in [-0.3, -0.25) is 19.5 Å². The number of nitrogens with zero attached hydrogens (tertiary/aromatic N) is 2. The number of nitrogens with one attached hydrogen (secondary N) is 1. The highest BCUT2D eigenvalue weighted by Crippen LogP contribution is 2.41. The number of aliphatic carboxylic acids is 1. The Morgan fingerprint density at radius 3 is 2.74 bits per heavy atom. The molecule has 1 amide bonds. The van der Waals surface area contributed by atoms with Crippen LogP contribution in [0.1, 0.15) is 28.8 Å². The number of phenolic OH excluding ortho intramolecular Hbond substituents is 1. The van der Waals surface area contributed by atoms with E-state index in [-0.39, 0.29) is 36.3 Å². The van der Waals surface area contributed by atoms with Crippen molar-refractivity contribution in [1.29, 1.82) is 0 Å². The van der Waals surface area contributed by atoms with Gasteiger partial charge >= 0.3 is 5.97 Å². The van der Waals surface area contributed by atoms with Crippen LogP contribution in [0.25, 0.3) is 0 Å². The highest BCUT2D eigenvalue weighted by molar-refractivity contribution is 6.15. The van der Waals surface area contributed by atoms with Crippen LogP contribution in [-0.4, -0.2) is 54.8 Å². The van der Waals surface area contributed by atoms with Crippen molar-refractivity contribution in [3.05, 3.63) is 41.5 Å². The summed E-state index contributed by atoms with van der Waals surface area (Å²) in [6, 6.07) is 8.91. The average Bonchev–Trinajstić information content (AvgIpc) is 3.07. The number of fused-ring (bicyclic) bond motifs is 4. The lowest BCUT2D eigenvalue weighted by Crippen LogP contribution is -2.37. The number of hydrogen-bond donors (Lipinski definition) is 3. The Morgan fingerprint density at radius 1 is 1.35 bits per heavy atom. The molecule has 0 spiro atoms. The molecule has 2 heterocycles. The van der Waals surface area contributed by atoms with Gasteiger partial charge in [0.25, 0.3) is 5.91 Å². The number of aromatic hydroxyl groups is 1. The Bertz CT molecular complexity index is 1050. The maximum Gasteiger partial charge on any atom is 0.303 e. The molecule has 2 aromatic rings. The third kappa shape index (κ3) is 4.50. The van der Waals surface area contributed by atoms with Crippen LogP contribution >= 0.6 is 0 Å². The lowest BCUT2D eigenvalue weighted by molar-refractivity contribution is -0.137. The van der Waals surface area contributed by atoms with Gasteiger partial charge in [0.1, 0.15) is 6.29 Å². The Kier molecular flexibility index (Phi) is 6.54. The zero-order chi connectivity index (χ0) is 22.5. The molecule has 0 aliphatic carbocycles. The number of carboxylic acids is 1. The van der Waals surface area contributed by atoms with Gasteiger partial charge in [0.05, 0.1) is 36.5 Å². The van der Waals surface area contributed by atoms with Crippen LogP contribution < -0.4 is 15.0 Å². The molecule has 1 atom stereocenters. The number of hydrogen-bond acceptors (Lipinski definition) is 7. The lowest BCUT2D eigenvalue weighted by atomic mass is 10.1. The van der Waals surface area contributed by atoms with Crippen LogP contribution in [0.5, 0.6) is 11.5 Å². The van der Waals surface area contributed by atoms with E-state index in [0.717, 1.165) is 23.4 Å². The third-order valence-corrected chi connectivity index (χ3v) is 5.00. The second kappa shape index (κ2) is 9.29. The molecule has 1 unspecified atom stereocenters. The summed E-state index contributed by atoms with van der Waals surface area (Å²) in [5.41, 5.74) is 3.84. The first-order chi connectivity index (χ1) is 14.9. The summed E-state index contributed by atoms with van der Waals surface area (Å²) in [6.07, 6.45) is 3.16. The van der Waals surface area contributed by atoms with Crippen molar-refractivity contribution < 1.29 is 29.3 Å². The van der Waals surface area contributed by atoms with Gasteiger partial charge in [-0.15, -0.1) is 0 Å². The molecule has 9 nitrogen and oxygen atoms in total. The van der Waals surface area contributed by atoms with Crippen LogP contribution in [-0.2, 0) is 16.0 Å². The number of amides is 1. The van der Waals surface area contributed by atoms with Crippen LogP contribution in [0, 0.1) is 0 Å². The van der Waals surface area contributed by atoms with Crippen molar-refractivity contribution in [2.75, 3.05) is 24.4 Å². The van der Waals surface area contributed by atoms with Gasteiger partial charge in [0.15, 0.2) is 11.5 Å². The van der Waals surface area contributed by atoms with Crippen molar-refractivity contribution in [1.82, 2.24) is 0 Å². The number of aliphatic imine (C=N–C) groups is 1. The van der Waals surface area contributed by atoms with Crippen molar-refractivity contribution in [3.8, 4) is 11.5 Å². The third-order valence-electron chi connectivity index (χ3n) is 5.00. The molecule has 162 valence electrons. The fourth-order valence-corrected chi connectivity index (χ4v) is 3.47. The average molecular weight is 425 g/mol. The molecule has 0 saturated carbocycles. The molecule has 0 bridgehead atoms. The topological polar surface area (TPSA) is 129 Å². The second-order valence-corrected chi connectivity index (χ2v) is 6.96. The van der Waals surface area contributed by atoms with Crippen LogP contribution in [0.3, 0.4) is 0 Å². The molecular formula is C22H23N3O6. The summed E-state index contributed by atoms with van der Waals surface area (Å²) < 4.78 is 5.13. The summed E-state index contributed by atoms with van der Waals surface area (Å²) in [5.74, 6) is -0.829. The second-order valence-electron chi connectivity index (χ2n) is 6.96. The first kappa shape index (κ1) is 21.8. The fraction of sp³-hybridized carbons (Fsp3) is 0.273. The Morgan fingerprint density at radius 2 is 2.13 bits per heavy atom. The quantitative estimate of drug-likeness (QED) is 0.628. The number of aldehydes is 1. The predicted octanol–water partition coefficient (Wildman–Crippen LogP) is 2.78. The largest absolute Gasteiger partial charge is 0.504 e. The number of methoxy groups -OCH3 is 1. The van der Waals surface area contributed by atoms with Gasteiger partial charge in [0, 0.05) is 37.9 Å². The van der Waals surface area contributed by atoms with Gasteiger partial charge in [0.2, 0.25) is 0 Å². The van der Waals surface area contributed by atoms with Gasteiger partial charge in [-0.25, -0.2) is 0 Å². The number of carboxylic acid groups (broad SMARTS) is 1. The maximum atomic E-state index is 13.1. The van der Waals surface area contributed by atoms with Gasteiger partial charge in [-0.05, 0) is 23.8 Å². The fourth-order valence-electron chi connectivity index (χ4n) is 3.47. The molecular weight excluding hydrogens is 402 g/mol. The number of carbonyl (C=O) groups is 3. The molecule has 3 N–H and O–H groups in total. The van der Waals surface area contributed by atoms with E-state index in [1.54, 1.807) is 17.2 Å². The predicted molar refractivity (Wildman–Crippen MR) is 116 cm³/mol. The van der Waals surface area contributed by atoms with E-state index < -0.39 is 5.97 Å². The first-order valence-corrected chi connectivity index (χ1v) is 9.64. The lowest BCUT2D eigenvalue weighted by Gasteiger charge is -2.22. The summed E-state index contributed by atoms with van der Waals surface area (Å²) in [4.78, 5) is 38.4. The van der Waals surface area contributed by atoms with Crippen molar-refractivity contribution in [2.24, 2.45) is 4.99 Å². The molecule has 0 fully saturated rings. The molecule has 2 aliphatic heterocycles. The van der Waals surface area contributed by atoms with Gasteiger partial charge in [-0.1, -0.05) is 6.07 Å². The number of anilines is 2. The van der Waals surface area contributed by atoms with E-state index in [1.807, 2.05) is 25.2 Å². The van der Waals surface area contributed by atoms with E-state index in [9.17, 15) is 19.5 Å². The molecule has 2 aromatic carbocycles. The summed E-state index contributed by atoms with van der Waals surface area (Å²) >= 11 is 0. The molecule has 4 rings (SSSR count). The number of carbonyl (C=O) groups excluding carboxylic acids is 2. The van der Waals surface area contributed by atoms with E-state index in [4.69, 9.17) is 9.84 Å². The van der Waals surface area contributed by atoms with Crippen molar-refractivity contribution in [3.63, 3.8) is 0 Å². The zero-order valence-electron chi connectivity index (χ0n) is 17.2. The molecule has 0 saturated heterocycles. The molecule has 2 aliphatic rings. The van der Waals surface area contributed by atoms with E-state index in [1.165, 1.54) is 13.2 Å². The summed E-state index contributed by atoms with van der Waals surface area (Å²) in [7, 11) is 3.31. The molecule has 0 radical (unpaired) electrons. The molecule has 31 heavy (non-hydrogen) atoms. The summed E-state index contributed by atoms with van der Waals surface area (Å²) in [5, 5.41) is 20.9. The number of benzene rings is 2. The minimum absolute atomic E-state index is 0.0267. The van der Waals surface area contributed by atoms with Crippen molar-refractivity contribution in [2.45, 2.75) is 25.3 Å². The monoisotopic (exact) mass is 425 g/mol. The normalized spacial score (nSPS) is 15.6. The van der Waals surface area contributed by atoms with Crippen LogP contribution in [0.15, 0.2) is 35.3 Å². The Balaban J connectivity index is 0.000000339. The van der Waals surface area contributed by atoms with Crippen molar-refractivity contribution >= 4 is 41.4 Å². The van der Waals surface area contributed by atoms with E-state index in [0.29, 0.717) is 17.5 Å². The number of rotatable bonds is 5. The smallest absolute Gasteiger partial charge is 0.303 e.